The molecule has 1 heterocycles. The van der Waals surface area contributed by atoms with Gasteiger partial charge in [-0.3, -0.25) is 4.79 Å². The molecular weight excluding hydrogens is 333 g/mol. The molecule has 0 aliphatic carbocycles. The lowest BCUT2D eigenvalue weighted by Gasteiger charge is -2.18. The number of ether oxygens (including phenoxy) is 1. The molecule has 1 N–H and O–H groups in total. The molecule has 2 rings (SSSR count). The predicted octanol–water partition coefficient (Wildman–Crippen LogP) is 3.54. The van der Waals surface area contributed by atoms with Crippen LogP contribution in [0.5, 0.6) is 0 Å². The highest BCUT2D eigenvalue weighted by Gasteiger charge is 2.32. The van der Waals surface area contributed by atoms with Crippen molar-refractivity contribution >= 4 is 5.91 Å². The molecule has 1 aromatic heterocycles. The fourth-order valence-corrected chi connectivity index (χ4v) is 2.31. The second-order valence-corrected chi connectivity index (χ2v) is 5.35. The Morgan fingerprint density at radius 1 is 1.16 bits per heavy atom. The summed E-state index contributed by atoms with van der Waals surface area (Å²) < 4.78 is 43.6. The highest BCUT2D eigenvalue weighted by Crippen LogP contribution is 2.27. The summed E-state index contributed by atoms with van der Waals surface area (Å²) in [6, 6.07) is 12.9. The van der Waals surface area contributed by atoms with Crippen molar-refractivity contribution in [1.82, 2.24) is 10.3 Å². The molecule has 2 aromatic rings. The number of aromatic nitrogens is 1. The maximum absolute atomic E-state index is 12.7. The van der Waals surface area contributed by atoms with Crippen LogP contribution in [0, 0.1) is 0 Å². The highest BCUT2D eigenvalue weighted by atomic mass is 19.4. The SMILES string of the molecule is CCOC(CNC(=O)Cc1cccc(C(F)(F)F)n1)c1ccccc1. The Hall–Kier alpha value is -2.41. The van der Waals surface area contributed by atoms with Crippen LogP contribution < -0.4 is 5.32 Å². The summed E-state index contributed by atoms with van der Waals surface area (Å²) >= 11 is 0. The van der Waals surface area contributed by atoms with Crippen molar-refractivity contribution in [1.29, 1.82) is 0 Å². The average molecular weight is 352 g/mol. The van der Waals surface area contributed by atoms with Crippen LogP contribution in [-0.4, -0.2) is 24.0 Å². The smallest absolute Gasteiger partial charge is 0.372 e. The van der Waals surface area contributed by atoms with Gasteiger partial charge in [0.2, 0.25) is 5.91 Å². The fourth-order valence-electron chi connectivity index (χ4n) is 2.31. The first-order valence-electron chi connectivity index (χ1n) is 7.86. The fraction of sp³-hybridized carbons (Fsp3) is 0.333. The number of rotatable bonds is 7. The minimum absolute atomic E-state index is 0.0694. The molecule has 25 heavy (non-hydrogen) atoms. The van der Waals surface area contributed by atoms with E-state index in [2.05, 4.69) is 10.3 Å². The number of hydrogen-bond donors (Lipinski definition) is 1. The molecule has 1 amide bonds. The van der Waals surface area contributed by atoms with Gasteiger partial charge in [-0.2, -0.15) is 13.2 Å². The number of halogens is 3. The Balaban J connectivity index is 1.95. The van der Waals surface area contributed by atoms with E-state index in [0.717, 1.165) is 11.6 Å². The molecule has 0 bridgehead atoms. The van der Waals surface area contributed by atoms with Gasteiger partial charge in [-0.15, -0.1) is 0 Å². The molecule has 7 heteroatoms. The van der Waals surface area contributed by atoms with Crippen molar-refractivity contribution in [2.24, 2.45) is 0 Å². The number of carbonyl (C=O) groups excluding carboxylic acids is 1. The Morgan fingerprint density at radius 3 is 2.52 bits per heavy atom. The van der Waals surface area contributed by atoms with Gasteiger partial charge < -0.3 is 10.1 Å². The zero-order chi connectivity index (χ0) is 18.3. The van der Waals surface area contributed by atoms with Crippen molar-refractivity contribution in [3.05, 3.63) is 65.5 Å². The van der Waals surface area contributed by atoms with E-state index < -0.39 is 17.8 Å². The zero-order valence-electron chi connectivity index (χ0n) is 13.7. The summed E-state index contributed by atoms with van der Waals surface area (Å²) in [7, 11) is 0. The lowest BCUT2D eigenvalue weighted by atomic mass is 10.1. The summed E-state index contributed by atoms with van der Waals surface area (Å²) in [5.41, 5.74) is -0.0175. The van der Waals surface area contributed by atoms with Crippen LogP contribution in [0.25, 0.3) is 0 Å². The van der Waals surface area contributed by atoms with E-state index in [4.69, 9.17) is 4.74 Å². The van der Waals surface area contributed by atoms with E-state index in [1.54, 1.807) is 0 Å². The third-order valence-electron chi connectivity index (χ3n) is 3.46. The van der Waals surface area contributed by atoms with Gasteiger partial charge >= 0.3 is 6.18 Å². The molecule has 0 saturated carbocycles. The van der Waals surface area contributed by atoms with Gasteiger partial charge in [0.15, 0.2) is 0 Å². The van der Waals surface area contributed by atoms with Crippen LogP contribution in [-0.2, 0) is 22.1 Å². The van der Waals surface area contributed by atoms with Crippen LogP contribution >= 0.6 is 0 Å². The molecule has 0 saturated heterocycles. The first-order valence-corrected chi connectivity index (χ1v) is 7.86. The van der Waals surface area contributed by atoms with Gasteiger partial charge in [0, 0.05) is 13.2 Å². The first-order chi connectivity index (χ1) is 11.9. The zero-order valence-corrected chi connectivity index (χ0v) is 13.7. The molecule has 0 spiro atoms. The van der Waals surface area contributed by atoms with Crippen molar-refractivity contribution in [2.45, 2.75) is 25.6 Å². The highest BCUT2D eigenvalue weighted by molar-refractivity contribution is 5.78. The molecule has 4 nitrogen and oxygen atoms in total. The predicted molar refractivity (Wildman–Crippen MR) is 86.8 cm³/mol. The summed E-state index contributed by atoms with van der Waals surface area (Å²) in [6.07, 6.45) is -5.07. The first kappa shape index (κ1) is 18.9. The maximum Gasteiger partial charge on any atom is 0.433 e. The van der Waals surface area contributed by atoms with E-state index in [1.165, 1.54) is 12.1 Å². The Bertz CT molecular complexity index is 690. The minimum atomic E-state index is -4.53. The second-order valence-electron chi connectivity index (χ2n) is 5.35. The third-order valence-corrected chi connectivity index (χ3v) is 3.46. The maximum atomic E-state index is 12.7. The largest absolute Gasteiger partial charge is 0.433 e. The lowest BCUT2D eigenvalue weighted by molar-refractivity contribution is -0.141. The Labute approximate surface area is 144 Å². The van der Waals surface area contributed by atoms with Gasteiger partial charge in [0.1, 0.15) is 5.69 Å². The van der Waals surface area contributed by atoms with Gasteiger partial charge in [-0.1, -0.05) is 36.4 Å². The van der Waals surface area contributed by atoms with Crippen LogP contribution in [0.3, 0.4) is 0 Å². The minimum Gasteiger partial charge on any atom is -0.372 e. The number of alkyl halides is 3. The lowest BCUT2D eigenvalue weighted by Crippen LogP contribution is -2.31. The van der Waals surface area contributed by atoms with Gasteiger partial charge in [0.25, 0.3) is 0 Å². The van der Waals surface area contributed by atoms with E-state index in [1.807, 2.05) is 37.3 Å². The molecule has 1 unspecified atom stereocenters. The summed E-state index contributed by atoms with van der Waals surface area (Å²) in [5.74, 6) is -0.410. The summed E-state index contributed by atoms with van der Waals surface area (Å²) in [6.45, 7) is 2.56. The van der Waals surface area contributed by atoms with Crippen molar-refractivity contribution in [3.8, 4) is 0 Å². The molecule has 1 aromatic carbocycles. The average Bonchev–Trinajstić information content (AvgIpc) is 2.59. The number of nitrogens with zero attached hydrogens (tertiary/aromatic N) is 1. The number of benzene rings is 1. The van der Waals surface area contributed by atoms with Gasteiger partial charge in [-0.25, -0.2) is 4.98 Å². The van der Waals surface area contributed by atoms with E-state index in [9.17, 15) is 18.0 Å². The van der Waals surface area contributed by atoms with Crippen LogP contribution in [0.2, 0.25) is 0 Å². The number of hydrogen-bond acceptors (Lipinski definition) is 3. The van der Waals surface area contributed by atoms with Crippen LogP contribution in [0.4, 0.5) is 13.2 Å². The number of amides is 1. The molecule has 0 aliphatic rings. The molecule has 0 radical (unpaired) electrons. The molecule has 134 valence electrons. The molecule has 1 atom stereocenters. The Morgan fingerprint density at radius 2 is 1.88 bits per heavy atom. The normalized spacial score (nSPS) is 12.6. The number of pyridine rings is 1. The van der Waals surface area contributed by atoms with Crippen LogP contribution in [0.1, 0.15) is 30.0 Å². The third kappa shape index (κ3) is 5.86. The van der Waals surface area contributed by atoms with Crippen molar-refractivity contribution < 1.29 is 22.7 Å². The van der Waals surface area contributed by atoms with Crippen molar-refractivity contribution in [3.63, 3.8) is 0 Å². The van der Waals surface area contributed by atoms with E-state index >= 15 is 0 Å². The number of nitrogens with one attached hydrogen (secondary N) is 1. The van der Waals surface area contributed by atoms with E-state index in [0.29, 0.717) is 6.61 Å². The van der Waals surface area contributed by atoms with Crippen LogP contribution in [0.15, 0.2) is 48.5 Å². The van der Waals surface area contributed by atoms with Gasteiger partial charge in [0.05, 0.1) is 18.2 Å². The Kier molecular flexibility index (Phi) is 6.52. The molecular formula is C18H19F3N2O2. The monoisotopic (exact) mass is 352 g/mol. The molecule has 0 fully saturated rings. The topological polar surface area (TPSA) is 51.2 Å². The number of carbonyl (C=O) groups is 1. The van der Waals surface area contributed by atoms with Crippen molar-refractivity contribution in [2.75, 3.05) is 13.2 Å². The summed E-state index contributed by atoms with van der Waals surface area (Å²) in [4.78, 5) is 15.5. The van der Waals surface area contributed by atoms with Gasteiger partial charge in [-0.05, 0) is 24.6 Å². The second kappa shape index (κ2) is 8.62. The standard InChI is InChI=1S/C18H19F3N2O2/c1-2-25-15(13-7-4-3-5-8-13)12-22-17(24)11-14-9-6-10-16(23-14)18(19,20)21/h3-10,15H,2,11-12H2,1H3,(H,22,24). The summed E-state index contributed by atoms with van der Waals surface area (Å²) in [5, 5.41) is 2.69. The van der Waals surface area contributed by atoms with E-state index in [-0.39, 0.29) is 24.8 Å². The quantitative estimate of drug-likeness (QED) is 0.829. The molecule has 0 aliphatic heterocycles.